The minimum Gasteiger partial charge on any atom is -0.276 e. The predicted molar refractivity (Wildman–Crippen MR) is 106 cm³/mol. The van der Waals surface area contributed by atoms with Crippen molar-refractivity contribution in [1.82, 2.24) is 14.8 Å². The minimum absolute atomic E-state index is 0.231. The number of fused-ring (bicyclic) bond motifs is 3. The van der Waals surface area contributed by atoms with Gasteiger partial charge in [0.25, 0.3) is 0 Å². The van der Waals surface area contributed by atoms with Crippen LogP contribution < -0.4 is 0 Å². The Morgan fingerprint density at radius 3 is 2.12 bits per heavy atom. The maximum Gasteiger partial charge on any atom is 0.196 e. The third-order valence-electron chi connectivity index (χ3n) is 4.89. The first-order valence-corrected chi connectivity index (χ1v) is 9.52. The number of thioether (sulfide) groups is 1. The zero-order chi connectivity index (χ0) is 17.5. The molecule has 0 amide bonds. The van der Waals surface area contributed by atoms with E-state index in [1.54, 1.807) is 18.1 Å². The first kappa shape index (κ1) is 15.4. The molecule has 0 bridgehead atoms. The second-order valence-corrected chi connectivity index (χ2v) is 7.51. The van der Waals surface area contributed by atoms with Crippen LogP contribution in [0.5, 0.6) is 0 Å². The summed E-state index contributed by atoms with van der Waals surface area (Å²) in [5, 5.41) is 9.75. The number of aromatic nitrogens is 3. The number of rotatable bonds is 3. The quantitative estimate of drug-likeness (QED) is 0.490. The highest BCUT2D eigenvalue weighted by Gasteiger charge is 2.30. The number of aryl methyl sites for hydroxylation is 1. The zero-order valence-electron chi connectivity index (χ0n) is 14.3. The van der Waals surface area contributed by atoms with Crippen LogP contribution in [0.15, 0.2) is 84.3 Å². The number of hydrogen-bond acceptors (Lipinski definition) is 3. The highest BCUT2D eigenvalue weighted by Crippen LogP contribution is 2.51. The van der Waals surface area contributed by atoms with Gasteiger partial charge in [-0.25, -0.2) is 0 Å². The molecule has 0 saturated carbocycles. The Morgan fingerprint density at radius 2 is 1.42 bits per heavy atom. The van der Waals surface area contributed by atoms with E-state index in [1.807, 2.05) is 0 Å². The van der Waals surface area contributed by atoms with Crippen molar-refractivity contribution >= 4 is 11.8 Å². The Balaban J connectivity index is 1.60. The molecule has 0 saturated heterocycles. The van der Waals surface area contributed by atoms with Crippen molar-refractivity contribution in [1.29, 1.82) is 0 Å². The van der Waals surface area contributed by atoms with Crippen molar-refractivity contribution < 1.29 is 0 Å². The Morgan fingerprint density at radius 1 is 0.808 bits per heavy atom. The lowest BCUT2D eigenvalue weighted by Gasteiger charge is -2.14. The molecule has 5 rings (SSSR count). The van der Waals surface area contributed by atoms with E-state index < -0.39 is 0 Å². The molecule has 1 aliphatic carbocycles. The van der Waals surface area contributed by atoms with Crippen LogP contribution in [0.3, 0.4) is 0 Å². The summed E-state index contributed by atoms with van der Waals surface area (Å²) < 4.78 is 2.09. The zero-order valence-corrected chi connectivity index (χ0v) is 15.1. The summed E-state index contributed by atoms with van der Waals surface area (Å²) in [6, 6.07) is 25.6. The normalized spacial score (nSPS) is 12.8. The van der Waals surface area contributed by atoms with Gasteiger partial charge in [0.05, 0.1) is 10.9 Å². The van der Waals surface area contributed by atoms with E-state index in [0.29, 0.717) is 0 Å². The van der Waals surface area contributed by atoms with Crippen LogP contribution in [0, 0.1) is 6.92 Å². The fourth-order valence-corrected chi connectivity index (χ4v) is 4.87. The van der Waals surface area contributed by atoms with Gasteiger partial charge < -0.3 is 0 Å². The third kappa shape index (κ3) is 2.37. The van der Waals surface area contributed by atoms with Gasteiger partial charge in [0.15, 0.2) is 5.16 Å². The van der Waals surface area contributed by atoms with Gasteiger partial charge in [0.2, 0.25) is 0 Å². The summed E-state index contributed by atoms with van der Waals surface area (Å²) in [6.07, 6.45) is 1.80. The summed E-state index contributed by atoms with van der Waals surface area (Å²) in [4.78, 5) is 0. The predicted octanol–water partition coefficient (Wildman–Crippen LogP) is 5.44. The van der Waals surface area contributed by atoms with E-state index in [1.165, 1.54) is 27.8 Å². The molecular weight excluding hydrogens is 338 g/mol. The molecule has 0 unspecified atom stereocenters. The van der Waals surface area contributed by atoms with E-state index in [-0.39, 0.29) is 5.25 Å². The molecule has 0 N–H and O–H groups in total. The van der Waals surface area contributed by atoms with Crippen molar-refractivity contribution in [3.05, 3.63) is 95.8 Å². The van der Waals surface area contributed by atoms with Crippen LogP contribution in [0.2, 0.25) is 0 Å². The van der Waals surface area contributed by atoms with Gasteiger partial charge in [-0.3, -0.25) is 4.57 Å². The summed E-state index contributed by atoms with van der Waals surface area (Å²) >= 11 is 1.76. The van der Waals surface area contributed by atoms with Crippen LogP contribution in [-0.4, -0.2) is 14.8 Å². The van der Waals surface area contributed by atoms with E-state index in [2.05, 4.69) is 94.5 Å². The molecule has 0 aliphatic heterocycles. The van der Waals surface area contributed by atoms with Gasteiger partial charge in [-0.2, -0.15) is 0 Å². The van der Waals surface area contributed by atoms with Crippen molar-refractivity contribution in [3.63, 3.8) is 0 Å². The van der Waals surface area contributed by atoms with Crippen LogP contribution in [-0.2, 0) is 0 Å². The molecule has 0 radical (unpaired) electrons. The Hall–Kier alpha value is -2.85. The van der Waals surface area contributed by atoms with E-state index in [4.69, 9.17) is 0 Å². The summed E-state index contributed by atoms with van der Waals surface area (Å²) in [5.41, 5.74) is 7.67. The molecular formula is C22H17N3S. The second-order valence-electron chi connectivity index (χ2n) is 6.44. The van der Waals surface area contributed by atoms with E-state index in [0.717, 1.165) is 10.8 Å². The number of nitrogens with zero attached hydrogens (tertiary/aromatic N) is 3. The molecule has 1 heterocycles. The van der Waals surface area contributed by atoms with Crippen molar-refractivity contribution in [3.8, 4) is 16.8 Å². The monoisotopic (exact) mass is 355 g/mol. The summed E-state index contributed by atoms with van der Waals surface area (Å²) in [5.74, 6) is 0. The molecule has 1 aromatic heterocycles. The van der Waals surface area contributed by atoms with Crippen LogP contribution in [0.1, 0.15) is 21.9 Å². The Labute approximate surface area is 156 Å². The molecule has 0 fully saturated rings. The fraction of sp³-hybridized carbons (Fsp3) is 0.0909. The maximum absolute atomic E-state index is 4.42. The van der Waals surface area contributed by atoms with Gasteiger partial charge in [-0.05, 0) is 40.8 Å². The number of para-hydroxylation sites is 1. The smallest absolute Gasteiger partial charge is 0.196 e. The first-order valence-electron chi connectivity index (χ1n) is 8.64. The lowest BCUT2D eigenvalue weighted by molar-refractivity contribution is 0.874. The van der Waals surface area contributed by atoms with Crippen molar-refractivity contribution in [2.75, 3.05) is 0 Å². The van der Waals surface area contributed by atoms with Crippen molar-refractivity contribution in [2.45, 2.75) is 17.3 Å². The molecule has 26 heavy (non-hydrogen) atoms. The van der Waals surface area contributed by atoms with Crippen LogP contribution in [0.25, 0.3) is 16.8 Å². The van der Waals surface area contributed by atoms with Gasteiger partial charge in [0, 0.05) is 0 Å². The summed E-state index contributed by atoms with van der Waals surface area (Å²) in [7, 11) is 0. The molecule has 3 aromatic carbocycles. The molecule has 4 aromatic rings. The largest absolute Gasteiger partial charge is 0.276 e. The topological polar surface area (TPSA) is 30.7 Å². The van der Waals surface area contributed by atoms with Crippen molar-refractivity contribution in [2.24, 2.45) is 0 Å². The highest BCUT2D eigenvalue weighted by molar-refractivity contribution is 7.99. The first-order chi connectivity index (χ1) is 12.8. The van der Waals surface area contributed by atoms with Gasteiger partial charge in [-0.15, -0.1) is 10.2 Å². The Kier molecular flexibility index (Phi) is 3.64. The van der Waals surface area contributed by atoms with E-state index in [9.17, 15) is 0 Å². The van der Waals surface area contributed by atoms with E-state index >= 15 is 0 Å². The molecule has 126 valence electrons. The lowest BCUT2D eigenvalue weighted by Crippen LogP contribution is -2.00. The molecule has 4 heteroatoms. The second kappa shape index (κ2) is 6.15. The third-order valence-corrected chi connectivity index (χ3v) is 6.12. The summed E-state index contributed by atoms with van der Waals surface area (Å²) in [6.45, 7) is 2.12. The number of hydrogen-bond donors (Lipinski definition) is 0. The maximum atomic E-state index is 4.42. The van der Waals surface area contributed by atoms with Gasteiger partial charge in [-0.1, -0.05) is 78.5 Å². The van der Waals surface area contributed by atoms with Crippen LogP contribution >= 0.6 is 11.8 Å². The average molecular weight is 355 g/mol. The average Bonchev–Trinajstić information content (AvgIpc) is 3.26. The van der Waals surface area contributed by atoms with Gasteiger partial charge in [0.1, 0.15) is 6.33 Å². The number of benzene rings is 3. The Bertz CT molecular complexity index is 1050. The highest BCUT2D eigenvalue weighted by atomic mass is 32.2. The van der Waals surface area contributed by atoms with Gasteiger partial charge >= 0.3 is 0 Å². The lowest BCUT2D eigenvalue weighted by atomic mass is 10.1. The molecule has 0 spiro atoms. The molecule has 3 nitrogen and oxygen atoms in total. The standard InChI is InChI=1S/C22H17N3S/c1-15-8-2-7-13-20(15)25-14-23-24-22(25)26-21-18-11-5-3-9-16(18)17-10-4-6-12-19(17)21/h2-14,21H,1H3. The molecule has 1 aliphatic rings. The van der Waals surface area contributed by atoms with Crippen LogP contribution in [0.4, 0.5) is 0 Å². The minimum atomic E-state index is 0.231. The fourth-order valence-electron chi connectivity index (χ4n) is 3.65. The SMILES string of the molecule is Cc1ccccc1-n1cnnc1SC1c2ccccc2-c2ccccc21. The molecule has 0 atom stereocenters.